The Hall–Kier alpha value is -2.17. The highest BCUT2D eigenvalue weighted by Gasteiger charge is 2.29. The number of para-hydroxylation sites is 1. The first-order chi connectivity index (χ1) is 8.77. The van der Waals surface area contributed by atoms with Gasteiger partial charge < -0.3 is 4.90 Å². The smallest absolute Gasteiger partial charge is 0.295 e. The lowest BCUT2D eigenvalue weighted by Gasteiger charge is -2.34. The molecule has 2 aromatic rings. The molecule has 0 bridgehead atoms. The summed E-state index contributed by atoms with van der Waals surface area (Å²) in [6.07, 6.45) is 3.34. The molecule has 18 heavy (non-hydrogen) atoms. The van der Waals surface area contributed by atoms with Crippen molar-refractivity contribution in [1.29, 1.82) is 0 Å². The molecule has 1 unspecified atom stereocenters. The van der Waals surface area contributed by atoms with E-state index in [9.17, 15) is 4.79 Å². The lowest BCUT2D eigenvalue weighted by Crippen LogP contribution is -2.42. The van der Waals surface area contributed by atoms with Crippen LogP contribution in [-0.2, 0) is 6.42 Å². The van der Waals surface area contributed by atoms with Crippen LogP contribution in [0.4, 0.5) is 5.69 Å². The predicted octanol–water partition coefficient (Wildman–Crippen LogP) is 1.79. The Morgan fingerprint density at radius 2 is 2.28 bits per heavy atom. The van der Waals surface area contributed by atoms with E-state index in [0.717, 1.165) is 18.5 Å². The summed E-state index contributed by atoms with van der Waals surface area (Å²) in [7, 11) is 0. The maximum Gasteiger partial charge on any atom is 0.295 e. The summed E-state index contributed by atoms with van der Waals surface area (Å²) in [5.41, 5.74) is 2.20. The first-order valence-corrected chi connectivity index (χ1v) is 6.04. The minimum Gasteiger partial charge on any atom is -0.303 e. The van der Waals surface area contributed by atoms with E-state index in [1.165, 1.54) is 11.9 Å². The van der Waals surface area contributed by atoms with E-state index in [1.807, 2.05) is 18.2 Å². The number of hydrogen-bond donors (Lipinski definition) is 1. The van der Waals surface area contributed by atoms with Crippen molar-refractivity contribution in [2.45, 2.75) is 25.8 Å². The fourth-order valence-corrected chi connectivity index (χ4v) is 2.42. The molecule has 0 fully saturated rings. The molecule has 1 aromatic carbocycles. The van der Waals surface area contributed by atoms with E-state index in [1.54, 1.807) is 4.90 Å². The van der Waals surface area contributed by atoms with Crippen molar-refractivity contribution in [3.05, 3.63) is 42.0 Å². The molecular weight excluding hydrogens is 228 g/mol. The Morgan fingerprint density at radius 1 is 1.44 bits per heavy atom. The maximum absolute atomic E-state index is 12.4. The quantitative estimate of drug-likeness (QED) is 0.829. The van der Waals surface area contributed by atoms with Crippen molar-refractivity contribution in [1.82, 2.24) is 15.2 Å². The molecule has 0 saturated carbocycles. The Labute approximate surface area is 105 Å². The van der Waals surface area contributed by atoms with E-state index >= 15 is 0 Å². The van der Waals surface area contributed by atoms with Crippen molar-refractivity contribution in [2.75, 3.05) is 4.90 Å². The average Bonchev–Trinajstić information content (AvgIpc) is 2.92. The molecule has 5 nitrogen and oxygen atoms in total. The summed E-state index contributed by atoms with van der Waals surface area (Å²) in [5, 5.41) is 6.37. The van der Waals surface area contributed by atoms with Crippen molar-refractivity contribution in [3.8, 4) is 0 Å². The minimum atomic E-state index is -0.118. The third-order valence-electron chi connectivity index (χ3n) is 3.36. The summed E-state index contributed by atoms with van der Waals surface area (Å²) in [4.78, 5) is 18.2. The highest BCUT2D eigenvalue weighted by Crippen LogP contribution is 2.31. The lowest BCUT2D eigenvalue weighted by atomic mass is 9.96. The second-order valence-corrected chi connectivity index (χ2v) is 4.53. The summed E-state index contributed by atoms with van der Waals surface area (Å²) in [6.45, 7) is 2.06. The van der Waals surface area contributed by atoms with E-state index in [4.69, 9.17) is 0 Å². The van der Waals surface area contributed by atoms with Gasteiger partial charge in [0, 0.05) is 11.7 Å². The van der Waals surface area contributed by atoms with Crippen LogP contribution in [0.25, 0.3) is 0 Å². The Morgan fingerprint density at radius 3 is 3.06 bits per heavy atom. The van der Waals surface area contributed by atoms with Gasteiger partial charge >= 0.3 is 0 Å². The molecule has 1 N–H and O–H groups in total. The fraction of sp³-hybridized carbons (Fsp3) is 0.308. The molecule has 0 aliphatic carbocycles. The van der Waals surface area contributed by atoms with Crippen LogP contribution in [0.3, 0.4) is 0 Å². The van der Waals surface area contributed by atoms with Crippen molar-refractivity contribution >= 4 is 11.6 Å². The van der Waals surface area contributed by atoms with Gasteiger partial charge in [0.15, 0.2) is 0 Å². The average molecular weight is 242 g/mol. The molecule has 1 amide bonds. The zero-order valence-corrected chi connectivity index (χ0v) is 10.1. The Kier molecular flexibility index (Phi) is 2.59. The van der Waals surface area contributed by atoms with Gasteiger partial charge in [0.25, 0.3) is 5.91 Å². The predicted molar refractivity (Wildman–Crippen MR) is 67.4 cm³/mol. The molecule has 0 radical (unpaired) electrons. The fourth-order valence-electron chi connectivity index (χ4n) is 2.42. The number of aromatic amines is 1. The highest BCUT2D eigenvalue weighted by atomic mass is 16.2. The highest BCUT2D eigenvalue weighted by molar-refractivity contribution is 6.04. The first kappa shape index (κ1) is 11.0. The van der Waals surface area contributed by atoms with Gasteiger partial charge in [0.1, 0.15) is 6.33 Å². The van der Waals surface area contributed by atoms with Crippen molar-refractivity contribution < 1.29 is 4.79 Å². The molecule has 1 aliphatic heterocycles. The standard InChI is InChI=1S/C13H14N4O/c1-9-6-7-10-4-2-3-5-11(10)17(9)13(18)12-14-8-15-16-12/h2-5,8-9H,6-7H2,1H3,(H,14,15,16). The van der Waals surface area contributed by atoms with Gasteiger partial charge in [-0.1, -0.05) is 18.2 Å². The number of benzene rings is 1. The molecule has 0 saturated heterocycles. The summed E-state index contributed by atoms with van der Waals surface area (Å²) < 4.78 is 0. The van der Waals surface area contributed by atoms with Crippen LogP contribution < -0.4 is 4.90 Å². The van der Waals surface area contributed by atoms with Gasteiger partial charge in [0.05, 0.1) is 0 Å². The van der Waals surface area contributed by atoms with Gasteiger partial charge in [-0.3, -0.25) is 9.89 Å². The molecule has 92 valence electrons. The number of fused-ring (bicyclic) bond motifs is 1. The summed E-state index contributed by atoms with van der Waals surface area (Å²) >= 11 is 0. The molecule has 1 aliphatic rings. The van der Waals surface area contributed by atoms with Crippen LogP contribution in [0.15, 0.2) is 30.6 Å². The van der Waals surface area contributed by atoms with Gasteiger partial charge in [-0.05, 0) is 31.4 Å². The number of rotatable bonds is 1. The molecule has 5 heteroatoms. The number of nitrogens with one attached hydrogen (secondary N) is 1. The molecule has 1 atom stereocenters. The first-order valence-electron chi connectivity index (χ1n) is 6.04. The number of hydrogen-bond acceptors (Lipinski definition) is 3. The van der Waals surface area contributed by atoms with Crippen LogP contribution in [0.5, 0.6) is 0 Å². The lowest BCUT2D eigenvalue weighted by molar-refractivity contribution is 0.0965. The van der Waals surface area contributed by atoms with E-state index < -0.39 is 0 Å². The number of aromatic nitrogens is 3. The number of aryl methyl sites for hydroxylation is 1. The van der Waals surface area contributed by atoms with E-state index in [-0.39, 0.29) is 11.9 Å². The largest absolute Gasteiger partial charge is 0.303 e. The van der Waals surface area contributed by atoms with Crippen LogP contribution in [0.1, 0.15) is 29.5 Å². The number of carbonyl (C=O) groups is 1. The van der Waals surface area contributed by atoms with Gasteiger partial charge in [-0.15, -0.1) is 0 Å². The second-order valence-electron chi connectivity index (χ2n) is 4.53. The number of carbonyl (C=O) groups excluding carboxylic acids is 1. The number of anilines is 1. The Balaban J connectivity index is 2.03. The number of nitrogens with zero attached hydrogens (tertiary/aromatic N) is 3. The van der Waals surface area contributed by atoms with Gasteiger partial charge in [-0.25, -0.2) is 4.98 Å². The van der Waals surface area contributed by atoms with Crippen LogP contribution in [0, 0.1) is 0 Å². The van der Waals surface area contributed by atoms with Crippen molar-refractivity contribution in [2.24, 2.45) is 0 Å². The minimum absolute atomic E-state index is 0.118. The third-order valence-corrected chi connectivity index (χ3v) is 3.36. The van der Waals surface area contributed by atoms with E-state index in [2.05, 4.69) is 28.2 Å². The number of amides is 1. The second kappa shape index (κ2) is 4.25. The van der Waals surface area contributed by atoms with Crippen LogP contribution in [0.2, 0.25) is 0 Å². The summed E-state index contributed by atoms with van der Waals surface area (Å²) in [5.74, 6) is 0.172. The van der Waals surface area contributed by atoms with Gasteiger partial charge in [0.2, 0.25) is 5.82 Å². The van der Waals surface area contributed by atoms with Crippen molar-refractivity contribution in [3.63, 3.8) is 0 Å². The van der Waals surface area contributed by atoms with E-state index in [0.29, 0.717) is 5.82 Å². The molecule has 0 spiro atoms. The molecule has 1 aromatic heterocycles. The topological polar surface area (TPSA) is 61.9 Å². The SMILES string of the molecule is CC1CCc2ccccc2N1C(=O)c1ncn[nH]1. The summed E-state index contributed by atoms with van der Waals surface area (Å²) in [6, 6.07) is 8.20. The van der Waals surface area contributed by atoms with Crippen LogP contribution >= 0.6 is 0 Å². The van der Waals surface area contributed by atoms with Crippen LogP contribution in [-0.4, -0.2) is 27.1 Å². The molecule has 3 rings (SSSR count). The monoisotopic (exact) mass is 242 g/mol. The zero-order valence-electron chi connectivity index (χ0n) is 10.1. The normalized spacial score (nSPS) is 18.5. The van der Waals surface area contributed by atoms with Gasteiger partial charge in [-0.2, -0.15) is 5.10 Å². The molecular formula is C13H14N4O. The zero-order chi connectivity index (χ0) is 12.5. The molecule has 2 heterocycles. The maximum atomic E-state index is 12.4. The number of H-pyrrole nitrogens is 1. The third kappa shape index (κ3) is 1.68. The Bertz CT molecular complexity index is 564.